The first-order valence-electron chi connectivity index (χ1n) is 7.52. The van der Waals surface area contributed by atoms with E-state index in [0.717, 1.165) is 5.56 Å². The third kappa shape index (κ3) is 3.78. The van der Waals surface area contributed by atoms with Gasteiger partial charge in [-0.15, -0.1) is 10.2 Å². The summed E-state index contributed by atoms with van der Waals surface area (Å²) in [4.78, 5) is 11.7. The number of esters is 1. The number of para-hydroxylation sites is 1. The van der Waals surface area contributed by atoms with E-state index in [1.807, 2.05) is 36.4 Å². The van der Waals surface area contributed by atoms with Crippen molar-refractivity contribution in [3.8, 4) is 0 Å². The van der Waals surface area contributed by atoms with Gasteiger partial charge in [-0.1, -0.05) is 42.5 Å². The number of hydrogen-bond donors (Lipinski definition) is 1. The van der Waals surface area contributed by atoms with E-state index in [-0.39, 0.29) is 0 Å². The van der Waals surface area contributed by atoms with Crippen LogP contribution in [0.1, 0.15) is 27.7 Å². The lowest BCUT2D eigenvalue weighted by atomic mass is 10.2. The molecule has 0 aliphatic carbocycles. The van der Waals surface area contributed by atoms with Crippen LogP contribution < -0.4 is 5.32 Å². The summed E-state index contributed by atoms with van der Waals surface area (Å²) < 4.78 is 10.4. The topological polar surface area (TPSA) is 77.2 Å². The van der Waals surface area contributed by atoms with Crippen LogP contribution >= 0.6 is 0 Å². The Balaban J connectivity index is 1.65. The molecule has 0 spiro atoms. The molecule has 0 saturated carbocycles. The Morgan fingerprint density at radius 1 is 1.04 bits per heavy atom. The zero-order chi connectivity index (χ0) is 16.8. The molecule has 0 radical (unpaired) electrons. The van der Waals surface area contributed by atoms with E-state index in [0.29, 0.717) is 36.0 Å². The Morgan fingerprint density at radius 3 is 2.54 bits per heavy atom. The van der Waals surface area contributed by atoms with Crippen LogP contribution in [0.25, 0.3) is 0 Å². The minimum atomic E-state index is -0.395. The van der Waals surface area contributed by atoms with E-state index in [1.165, 1.54) is 7.11 Å². The van der Waals surface area contributed by atoms with E-state index in [9.17, 15) is 4.79 Å². The van der Waals surface area contributed by atoms with Crippen LogP contribution in [0.3, 0.4) is 0 Å². The van der Waals surface area contributed by atoms with Crippen molar-refractivity contribution in [3.05, 3.63) is 77.5 Å². The number of benzene rings is 2. The zero-order valence-corrected chi connectivity index (χ0v) is 13.2. The lowest BCUT2D eigenvalue weighted by Crippen LogP contribution is -2.08. The fourth-order valence-electron chi connectivity index (χ4n) is 2.30. The molecular weight excluding hydrogens is 306 g/mol. The molecule has 3 rings (SSSR count). The summed E-state index contributed by atoms with van der Waals surface area (Å²) in [5, 5.41) is 11.2. The summed E-state index contributed by atoms with van der Waals surface area (Å²) in [5.74, 6) is 0.619. The lowest BCUT2D eigenvalue weighted by molar-refractivity contribution is 0.0602. The van der Waals surface area contributed by atoms with Gasteiger partial charge in [-0.05, 0) is 17.7 Å². The van der Waals surface area contributed by atoms with Crippen LogP contribution in [-0.4, -0.2) is 23.3 Å². The van der Waals surface area contributed by atoms with Gasteiger partial charge in [0.05, 0.1) is 25.6 Å². The maximum atomic E-state index is 11.7. The average molecular weight is 323 g/mol. The lowest BCUT2D eigenvalue weighted by Gasteiger charge is -2.08. The van der Waals surface area contributed by atoms with E-state index in [1.54, 1.807) is 18.2 Å². The number of hydrogen-bond acceptors (Lipinski definition) is 6. The van der Waals surface area contributed by atoms with Crippen molar-refractivity contribution >= 4 is 11.7 Å². The number of rotatable bonds is 6. The van der Waals surface area contributed by atoms with E-state index in [4.69, 9.17) is 9.15 Å². The van der Waals surface area contributed by atoms with E-state index in [2.05, 4.69) is 15.5 Å². The first-order valence-corrected chi connectivity index (χ1v) is 7.52. The summed E-state index contributed by atoms with van der Waals surface area (Å²) in [6.07, 6.45) is 0.590. The second kappa shape index (κ2) is 7.41. The second-order valence-electron chi connectivity index (χ2n) is 5.14. The number of nitrogens with zero attached hydrogens (tertiary/aromatic N) is 2. The molecule has 24 heavy (non-hydrogen) atoms. The number of carbonyl (C=O) groups excluding carboxylic acids is 1. The summed E-state index contributed by atoms with van der Waals surface area (Å²) in [5.41, 5.74) is 2.23. The fraction of sp³-hybridized carbons (Fsp3) is 0.167. The molecule has 0 atom stereocenters. The maximum absolute atomic E-state index is 11.7. The van der Waals surface area contributed by atoms with Crippen LogP contribution in [0.5, 0.6) is 0 Å². The summed E-state index contributed by atoms with van der Waals surface area (Å²) in [7, 11) is 1.35. The number of methoxy groups -OCH3 is 1. The predicted molar refractivity (Wildman–Crippen MR) is 88.7 cm³/mol. The molecule has 2 aromatic carbocycles. The van der Waals surface area contributed by atoms with E-state index >= 15 is 0 Å². The van der Waals surface area contributed by atoms with Crippen LogP contribution in [0.4, 0.5) is 5.69 Å². The molecule has 0 fully saturated rings. The Bertz CT molecular complexity index is 815. The number of carbonyl (C=O) groups is 1. The van der Waals surface area contributed by atoms with Gasteiger partial charge in [0.25, 0.3) is 0 Å². The highest BCUT2D eigenvalue weighted by molar-refractivity contribution is 5.95. The van der Waals surface area contributed by atoms with Gasteiger partial charge in [0.2, 0.25) is 11.8 Å². The summed E-state index contributed by atoms with van der Waals surface area (Å²) in [6.45, 7) is 0.329. The van der Waals surface area contributed by atoms with E-state index < -0.39 is 5.97 Å². The number of aromatic nitrogens is 2. The second-order valence-corrected chi connectivity index (χ2v) is 5.14. The molecule has 1 N–H and O–H groups in total. The van der Waals surface area contributed by atoms with Gasteiger partial charge < -0.3 is 14.5 Å². The Morgan fingerprint density at radius 2 is 1.75 bits per heavy atom. The monoisotopic (exact) mass is 323 g/mol. The van der Waals surface area contributed by atoms with Gasteiger partial charge in [0.15, 0.2) is 0 Å². The molecule has 0 aliphatic rings. The highest BCUT2D eigenvalue weighted by atomic mass is 16.5. The van der Waals surface area contributed by atoms with Crippen molar-refractivity contribution in [2.75, 3.05) is 12.4 Å². The highest BCUT2D eigenvalue weighted by Crippen LogP contribution is 2.17. The summed E-state index contributed by atoms with van der Waals surface area (Å²) in [6, 6.07) is 17.0. The average Bonchev–Trinajstić information content (AvgIpc) is 3.08. The molecule has 6 nitrogen and oxygen atoms in total. The SMILES string of the molecule is COC(=O)c1ccccc1NCc1nnc(Cc2ccccc2)o1. The first-order chi connectivity index (χ1) is 11.8. The molecule has 1 aromatic heterocycles. The molecule has 0 amide bonds. The zero-order valence-electron chi connectivity index (χ0n) is 13.2. The van der Waals surface area contributed by atoms with Crippen molar-refractivity contribution in [2.45, 2.75) is 13.0 Å². The first kappa shape index (κ1) is 15.7. The Labute approximate surface area is 139 Å². The van der Waals surface area contributed by atoms with Crippen molar-refractivity contribution in [2.24, 2.45) is 0 Å². The molecule has 122 valence electrons. The Hall–Kier alpha value is -3.15. The largest absolute Gasteiger partial charge is 0.465 e. The number of anilines is 1. The third-order valence-electron chi connectivity index (χ3n) is 3.47. The van der Waals surface area contributed by atoms with Gasteiger partial charge in [-0.2, -0.15) is 0 Å². The van der Waals surface area contributed by atoms with Crippen LogP contribution in [0, 0.1) is 0 Å². The van der Waals surface area contributed by atoms with Crippen LogP contribution in [-0.2, 0) is 17.7 Å². The maximum Gasteiger partial charge on any atom is 0.339 e. The molecule has 0 aliphatic heterocycles. The van der Waals surface area contributed by atoms with Crippen molar-refractivity contribution < 1.29 is 13.9 Å². The van der Waals surface area contributed by atoms with Gasteiger partial charge in [0, 0.05) is 5.69 Å². The van der Waals surface area contributed by atoms with Gasteiger partial charge in [-0.25, -0.2) is 4.79 Å². The molecular formula is C18H17N3O3. The molecule has 0 saturated heterocycles. The summed E-state index contributed by atoms with van der Waals surface area (Å²) >= 11 is 0. The molecule has 3 aromatic rings. The Kier molecular flexibility index (Phi) is 4.86. The van der Waals surface area contributed by atoms with Gasteiger partial charge in [0.1, 0.15) is 0 Å². The molecule has 0 bridgehead atoms. The van der Waals surface area contributed by atoms with Crippen molar-refractivity contribution in [1.29, 1.82) is 0 Å². The van der Waals surface area contributed by atoms with Crippen LogP contribution in [0.15, 0.2) is 59.0 Å². The smallest absolute Gasteiger partial charge is 0.339 e. The quantitative estimate of drug-likeness (QED) is 0.703. The number of ether oxygens (including phenoxy) is 1. The minimum Gasteiger partial charge on any atom is -0.465 e. The van der Waals surface area contributed by atoms with Crippen LogP contribution in [0.2, 0.25) is 0 Å². The standard InChI is InChI=1S/C18H17N3O3/c1-23-18(22)14-9-5-6-10-15(14)19-12-17-21-20-16(24-17)11-13-7-3-2-4-8-13/h2-10,19H,11-12H2,1H3. The molecule has 1 heterocycles. The highest BCUT2D eigenvalue weighted by Gasteiger charge is 2.12. The van der Waals surface area contributed by atoms with Gasteiger partial charge in [-0.3, -0.25) is 0 Å². The van der Waals surface area contributed by atoms with Gasteiger partial charge >= 0.3 is 5.97 Å². The van der Waals surface area contributed by atoms with Crippen molar-refractivity contribution in [1.82, 2.24) is 10.2 Å². The molecule has 0 unspecified atom stereocenters. The predicted octanol–water partition coefficient (Wildman–Crippen LogP) is 3.06. The molecule has 6 heteroatoms. The third-order valence-corrected chi connectivity index (χ3v) is 3.47. The normalized spacial score (nSPS) is 10.4. The fourth-order valence-corrected chi connectivity index (χ4v) is 2.30. The van der Waals surface area contributed by atoms with Crippen molar-refractivity contribution in [3.63, 3.8) is 0 Å². The minimum absolute atomic E-state index is 0.329. The number of nitrogens with one attached hydrogen (secondary N) is 1.